The summed E-state index contributed by atoms with van der Waals surface area (Å²) in [6.45, 7) is 9.19. The molecule has 0 aromatic rings. The van der Waals surface area contributed by atoms with Crippen molar-refractivity contribution in [2.75, 3.05) is 19.7 Å². The molecule has 0 aliphatic carbocycles. The number of nitrogens with one attached hydrogen (secondary N) is 1. The van der Waals surface area contributed by atoms with Crippen LogP contribution in [-0.2, 0) is 4.79 Å². The predicted molar refractivity (Wildman–Crippen MR) is 61.7 cm³/mol. The molecular weight excluding hydrogens is 192 g/mol. The molecular formula is C11H24N2O2. The Hall–Kier alpha value is -0.610. The molecule has 1 amide bonds. The van der Waals surface area contributed by atoms with Crippen molar-refractivity contribution in [3.05, 3.63) is 0 Å². The van der Waals surface area contributed by atoms with Gasteiger partial charge in [-0.3, -0.25) is 4.79 Å². The molecule has 2 N–H and O–H groups in total. The van der Waals surface area contributed by atoms with Gasteiger partial charge in [0.05, 0.1) is 6.61 Å². The molecule has 4 heteroatoms. The van der Waals surface area contributed by atoms with Crippen LogP contribution in [0.5, 0.6) is 0 Å². The van der Waals surface area contributed by atoms with Gasteiger partial charge in [0.25, 0.3) is 0 Å². The van der Waals surface area contributed by atoms with Crippen LogP contribution < -0.4 is 5.32 Å². The molecule has 0 fully saturated rings. The smallest absolute Gasteiger partial charge is 0.224 e. The molecule has 0 aliphatic rings. The Balaban J connectivity index is 3.92. The van der Waals surface area contributed by atoms with Crippen LogP contribution in [0.2, 0.25) is 0 Å². The topological polar surface area (TPSA) is 52.6 Å². The maximum atomic E-state index is 11.7. The summed E-state index contributed by atoms with van der Waals surface area (Å²) in [5.41, 5.74) is 0. The van der Waals surface area contributed by atoms with Crippen molar-refractivity contribution in [1.82, 2.24) is 10.2 Å². The largest absolute Gasteiger partial charge is 0.395 e. The van der Waals surface area contributed by atoms with E-state index < -0.39 is 0 Å². The Morgan fingerprint density at radius 1 is 1.33 bits per heavy atom. The molecule has 0 radical (unpaired) electrons. The van der Waals surface area contributed by atoms with Crippen LogP contribution in [0.3, 0.4) is 0 Å². The Morgan fingerprint density at radius 3 is 2.33 bits per heavy atom. The minimum Gasteiger partial charge on any atom is -0.395 e. The zero-order valence-corrected chi connectivity index (χ0v) is 10.3. The lowest BCUT2D eigenvalue weighted by Crippen LogP contribution is -2.40. The zero-order chi connectivity index (χ0) is 11.8. The van der Waals surface area contributed by atoms with Crippen molar-refractivity contribution < 1.29 is 9.90 Å². The van der Waals surface area contributed by atoms with E-state index in [1.54, 1.807) is 4.90 Å². The number of carbonyl (C=O) groups excluding carboxylic acids is 1. The molecule has 0 saturated carbocycles. The molecule has 4 nitrogen and oxygen atoms in total. The van der Waals surface area contributed by atoms with Gasteiger partial charge in [-0.25, -0.2) is 0 Å². The highest BCUT2D eigenvalue weighted by Gasteiger charge is 2.15. The van der Waals surface area contributed by atoms with Crippen LogP contribution in [0.25, 0.3) is 0 Å². The zero-order valence-electron chi connectivity index (χ0n) is 10.3. The molecule has 0 heterocycles. The molecule has 0 bridgehead atoms. The molecule has 0 aliphatic heterocycles. The molecule has 0 atom stereocenters. The average Bonchev–Trinajstić information content (AvgIpc) is 2.12. The molecule has 0 aromatic heterocycles. The van der Waals surface area contributed by atoms with Crippen molar-refractivity contribution in [2.24, 2.45) is 0 Å². The van der Waals surface area contributed by atoms with Gasteiger partial charge >= 0.3 is 0 Å². The van der Waals surface area contributed by atoms with E-state index in [1.807, 2.05) is 13.8 Å². The highest BCUT2D eigenvalue weighted by atomic mass is 16.3. The summed E-state index contributed by atoms with van der Waals surface area (Å²) in [6, 6.07) is 0.562. The van der Waals surface area contributed by atoms with Gasteiger partial charge in [-0.05, 0) is 13.8 Å². The van der Waals surface area contributed by atoms with Gasteiger partial charge in [-0.15, -0.1) is 0 Å². The monoisotopic (exact) mass is 216 g/mol. The summed E-state index contributed by atoms with van der Waals surface area (Å²) >= 11 is 0. The number of rotatable bonds is 7. The third-order valence-electron chi connectivity index (χ3n) is 2.18. The van der Waals surface area contributed by atoms with Gasteiger partial charge in [0.1, 0.15) is 0 Å². The molecule has 0 rings (SSSR count). The Morgan fingerprint density at radius 2 is 1.93 bits per heavy atom. The fourth-order valence-corrected chi connectivity index (χ4v) is 1.39. The molecule has 0 saturated heterocycles. The molecule has 90 valence electrons. The second-order valence-corrected chi connectivity index (χ2v) is 4.26. The first kappa shape index (κ1) is 14.4. The Bertz CT molecular complexity index is 181. The molecule has 0 unspecified atom stereocenters. The lowest BCUT2D eigenvalue weighted by molar-refractivity contribution is -0.133. The van der Waals surface area contributed by atoms with Crippen LogP contribution in [0.15, 0.2) is 0 Å². The highest BCUT2D eigenvalue weighted by molar-refractivity contribution is 5.76. The maximum Gasteiger partial charge on any atom is 0.224 e. The second kappa shape index (κ2) is 7.65. The summed E-state index contributed by atoms with van der Waals surface area (Å²) in [4.78, 5) is 13.4. The summed E-state index contributed by atoms with van der Waals surface area (Å²) in [6.07, 6.45) is 0.496. The molecule has 0 aromatic carbocycles. The van der Waals surface area contributed by atoms with Crippen LogP contribution >= 0.6 is 0 Å². The third kappa shape index (κ3) is 6.47. The highest BCUT2D eigenvalue weighted by Crippen LogP contribution is 2.00. The number of carbonyl (C=O) groups is 1. The van der Waals surface area contributed by atoms with Gasteiger partial charge in [0.2, 0.25) is 5.91 Å². The van der Waals surface area contributed by atoms with Crippen molar-refractivity contribution in [3.63, 3.8) is 0 Å². The van der Waals surface area contributed by atoms with Crippen molar-refractivity contribution in [2.45, 2.75) is 46.2 Å². The fraction of sp³-hybridized carbons (Fsp3) is 0.909. The van der Waals surface area contributed by atoms with Gasteiger partial charge < -0.3 is 15.3 Å². The predicted octanol–water partition coefficient (Wildman–Crippen LogP) is 0.604. The minimum atomic E-state index is 0.0293. The van der Waals surface area contributed by atoms with Gasteiger partial charge in [0.15, 0.2) is 0 Å². The number of aliphatic hydroxyl groups excluding tert-OH is 1. The SMILES string of the molecule is CC(C)NCCC(=O)N(CCO)C(C)C. The van der Waals surface area contributed by atoms with Crippen LogP contribution in [-0.4, -0.2) is 47.7 Å². The average molecular weight is 216 g/mol. The van der Waals surface area contributed by atoms with Crippen molar-refractivity contribution >= 4 is 5.91 Å². The number of nitrogens with zero attached hydrogens (tertiary/aromatic N) is 1. The first-order chi connectivity index (χ1) is 6.99. The van der Waals surface area contributed by atoms with E-state index in [-0.39, 0.29) is 18.6 Å². The maximum absolute atomic E-state index is 11.7. The minimum absolute atomic E-state index is 0.0293. The van der Waals surface area contributed by atoms with E-state index in [1.165, 1.54) is 0 Å². The van der Waals surface area contributed by atoms with Crippen LogP contribution in [0.1, 0.15) is 34.1 Å². The van der Waals surface area contributed by atoms with Gasteiger partial charge in [-0.1, -0.05) is 13.8 Å². The van der Waals surface area contributed by atoms with E-state index in [0.29, 0.717) is 25.6 Å². The summed E-state index contributed by atoms with van der Waals surface area (Å²) in [5.74, 6) is 0.104. The summed E-state index contributed by atoms with van der Waals surface area (Å²) in [7, 11) is 0. The standard InChI is InChI=1S/C11H24N2O2/c1-9(2)12-6-5-11(15)13(7-8-14)10(3)4/h9-10,12,14H,5-8H2,1-4H3. The Kier molecular flexibility index (Phi) is 7.34. The fourth-order valence-electron chi connectivity index (χ4n) is 1.39. The summed E-state index contributed by atoms with van der Waals surface area (Å²) < 4.78 is 0. The number of aliphatic hydroxyl groups is 1. The normalized spacial score (nSPS) is 11.1. The number of hydrogen-bond donors (Lipinski definition) is 2. The second-order valence-electron chi connectivity index (χ2n) is 4.26. The van der Waals surface area contributed by atoms with E-state index in [2.05, 4.69) is 19.2 Å². The van der Waals surface area contributed by atoms with E-state index in [0.717, 1.165) is 0 Å². The first-order valence-corrected chi connectivity index (χ1v) is 5.62. The van der Waals surface area contributed by atoms with Crippen LogP contribution in [0, 0.1) is 0 Å². The Labute approximate surface area is 92.7 Å². The van der Waals surface area contributed by atoms with Crippen molar-refractivity contribution in [1.29, 1.82) is 0 Å². The molecule has 0 spiro atoms. The van der Waals surface area contributed by atoms with E-state index in [9.17, 15) is 4.79 Å². The number of hydrogen-bond acceptors (Lipinski definition) is 3. The first-order valence-electron chi connectivity index (χ1n) is 5.62. The van der Waals surface area contributed by atoms with E-state index in [4.69, 9.17) is 5.11 Å². The van der Waals surface area contributed by atoms with Crippen LogP contribution in [0.4, 0.5) is 0 Å². The lowest BCUT2D eigenvalue weighted by Gasteiger charge is -2.26. The molecule has 15 heavy (non-hydrogen) atoms. The van der Waals surface area contributed by atoms with Gasteiger partial charge in [0, 0.05) is 31.6 Å². The number of amides is 1. The van der Waals surface area contributed by atoms with E-state index >= 15 is 0 Å². The van der Waals surface area contributed by atoms with Gasteiger partial charge in [-0.2, -0.15) is 0 Å². The third-order valence-corrected chi connectivity index (χ3v) is 2.18. The van der Waals surface area contributed by atoms with Crippen molar-refractivity contribution in [3.8, 4) is 0 Å². The quantitative estimate of drug-likeness (QED) is 0.655. The summed E-state index contributed by atoms with van der Waals surface area (Å²) in [5, 5.41) is 12.0. The lowest BCUT2D eigenvalue weighted by atomic mass is 10.2.